The topological polar surface area (TPSA) is 32.5 Å². The predicted molar refractivity (Wildman–Crippen MR) is 67.1 cm³/mol. The fourth-order valence-electron chi connectivity index (χ4n) is 2.25. The first-order valence-corrected chi connectivity index (χ1v) is 6.28. The third-order valence-corrected chi connectivity index (χ3v) is 3.30. The second-order valence-corrected chi connectivity index (χ2v) is 4.65. The van der Waals surface area contributed by atoms with Crippen molar-refractivity contribution in [2.24, 2.45) is 5.73 Å². The van der Waals surface area contributed by atoms with Crippen molar-refractivity contribution in [2.45, 2.75) is 6.54 Å². The molecule has 1 aliphatic rings. The standard InChI is InChI=1S/C13H19F2N3/c14-12-2-1-11(9-13(12)15)10-18-7-5-17(4-3-16)6-8-18/h1-2,9H,3-8,10,16H2. The van der Waals surface area contributed by atoms with E-state index in [1.807, 2.05) is 0 Å². The van der Waals surface area contributed by atoms with Crippen molar-refractivity contribution in [3.8, 4) is 0 Å². The maximum atomic E-state index is 13.1. The third kappa shape index (κ3) is 3.48. The highest BCUT2D eigenvalue weighted by Gasteiger charge is 2.16. The van der Waals surface area contributed by atoms with Gasteiger partial charge in [-0.2, -0.15) is 0 Å². The summed E-state index contributed by atoms with van der Waals surface area (Å²) in [4.78, 5) is 4.57. The Morgan fingerprint density at radius 2 is 1.67 bits per heavy atom. The van der Waals surface area contributed by atoms with Gasteiger partial charge in [-0.25, -0.2) is 8.78 Å². The SMILES string of the molecule is NCCN1CCN(Cc2ccc(F)c(F)c2)CC1. The number of halogens is 2. The number of benzene rings is 1. The zero-order chi connectivity index (χ0) is 13.0. The van der Waals surface area contributed by atoms with E-state index in [1.165, 1.54) is 12.1 Å². The minimum absolute atomic E-state index is 0.674. The highest BCUT2D eigenvalue weighted by molar-refractivity contribution is 5.17. The van der Waals surface area contributed by atoms with Crippen LogP contribution in [-0.4, -0.2) is 49.1 Å². The minimum Gasteiger partial charge on any atom is -0.329 e. The predicted octanol–water partition coefficient (Wildman–Crippen LogP) is 1.04. The van der Waals surface area contributed by atoms with Crippen LogP contribution in [0.4, 0.5) is 8.78 Å². The molecule has 1 aromatic rings. The largest absolute Gasteiger partial charge is 0.329 e. The Balaban J connectivity index is 1.85. The minimum atomic E-state index is -0.786. The van der Waals surface area contributed by atoms with Crippen molar-refractivity contribution in [1.29, 1.82) is 0 Å². The van der Waals surface area contributed by atoms with Gasteiger partial charge in [-0.15, -0.1) is 0 Å². The lowest BCUT2D eigenvalue weighted by Gasteiger charge is -2.34. The quantitative estimate of drug-likeness (QED) is 0.872. The molecule has 18 heavy (non-hydrogen) atoms. The van der Waals surface area contributed by atoms with Crippen LogP contribution in [0.3, 0.4) is 0 Å². The van der Waals surface area contributed by atoms with Crippen LogP contribution in [0.25, 0.3) is 0 Å². The molecule has 0 amide bonds. The van der Waals surface area contributed by atoms with Crippen LogP contribution in [0.5, 0.6) is 0 Å². The van der Waals surface area contributed by atoms with E-state index < -0.39 is 11.6 Å². The van der Waals surface area contributed by atoms with Gasteiger partial charge < -0.3 is 5.73 Å². The van der Waals surface area contributed by atoms with E-state index in [2.05, 4.69) is 9.80 Å². The summed E-state index contributed by atoms with van der Waals surface area (Å²) in [5.41, 5.74) is 6.34. The molecule has 0 radical (unpaired) electrons. The maximum absolute atomic E-state index is 13.1. The first kappa shape index (κ1) is 13.4. The fourth-order valence-corrected chi connectivity index (χ4v) is 2.25. The Kier molecular flexibility index (Phi) is 4.63. The molecule has 3 nitrogen and oxygen atoms in total. The average Bonchev–Trinajstić information content (AvgIpc) is 2.37. The molecule has 1 saturated heterocycles. The summed E-state index contributed by atoms with van der Waals surface area (Å²) in [5.74, 6) is -1.55. The first-order chi connectivity index (χ1) is 8.69. The zero-order valence-electron chi connectivity index (χ0n) is 10.4. The number of nitrogens with two attached hydrogens (primary N) is 1. The van der Waals surface area contributed by atoms with Gasteiger partial charge in [-0.1, -0.05) is 6.07 Å². The number of hydrogen-bond acceptors (Lipinski definition) is 3. The number of rotatable bonds is 4. The second-order valence-electron chi connectivity index (χ2n) is 4.65. The van der Waals surface area contributed by atoms with Gasteiger partial charge in [0.1, 0.15) is 0 Å². The monoisotopic (exact) mass is 255 g/mol. The van der Waals surface area contributed by atoms with E-state index >= 15 is 0 Å². The van der Waals surface area contributed by atoms with E-state index in [0.29, 0.717) is 13.1 Å². The van der Waals surface area contributed by atoms with Crippen molar-refractivity contribution in [3.63, 3.8) is 0 Å². The molecule has 2 rings (SSSR count). The molecule has 0 unspecified atom stereocenters. The Bertz CT molecular complexity index is 390. The summed E-state index contributed by atoms with van der Waals surface area (Å²) in [6, 6.07) is 4.11. The number of piperazine rings is 1. The highest BCUT2D eigenvalue weighted by atomic mass is 19.2. The van der Waals surface area contributed by atoms with Gasteiger partial charge in [0, 0.05) is 45.8 Å². The van der Waals surface area contributed by atoms with Crippen LogP contribution in [0.2, 0.25) is 0 Å². The van der Waals surface area contributed by atoms with Crippen molar-refractivity contribution < 1.29 is 8.78 Å². The van der Waals surface area contributed by atoms with E-state index in [4.69, 9.17) is 5.73 Å². The molecule has 5 heteroatoms. The van der Waals surface area contributed by atoms with E-state index in [9.17, 15) is 8.78 Å². The Morgan fingerprint density at radius 1 is 1.00 bits per heavy atom. The van der Waals surface area contributed by atoms with Gasteiger partial charge >= 0.3 is 0 Å². The molecule has 0 atom stereocenters. The Hall–Kier alpha value is -1.04. The molecule has 0 saturated carbocycles. The summed E-state index contributed by atoms with van der Waals surface area (Å²) in [6.45, 7) is 6.15. The average molecular weight is 255 g/mol. The van der Waals surface area contributed by atoms with Gasteiger partial charge in [0.15, 0.2) is 11.6 Å². The molecular weight excluding hydrogens is 236 g/mol. The summed E-state index contributed by atoms with van der Waals surface area (Å²) in [6.07, 6.45) is 0. The molecule has 0 aliphatic carbocycles. The molecule has 0 spiro atoms. The molecule has 1 aromatic carbocycles. The van der Waals surface area contributed by atoms with Crippen LogP contribution < -0.4 is 5.73 Å². The lowest BCUT2D eigenvalue weighted by atomic mass is 10.2. The van der Waals surface area contributed by atoms with E-state index in [1.54, 1.807) is 6.07 Å². The van der Waals surface area contributed by atoms with Crippen molar-refractivity contribution >= 4 is 0 Å². The molecule has 0 aromatic heterocycles. The van der Waals surface area contributed by atoms with Gasteiger partial charge in [0.25, 0.3) is 0 Å². The van der Waals surface area contributed by atoms with E-state index in [0.717, 1.165) is 38.3 Å². The summed E-state index contributed by atoms with van der Waals surface area (Å²) >= 11 is 0. The van der Waals surface area contributed by atoms with Crippen molar-refractivity contribution in [3.05, 3.63) is 35.4 Å². The molecule has 1 aliphatic heterocycles. The van der Waals surface area contributed by atoms with Gasteiger partial charge in [-0.3, -0.25) is 9.80 Å². The lowest BCUT2D eigenvalue weighted by Crippen LogP contribution is -2.47. The first-order valence-electron chi connectivity index (χ1n) is 6.28. The Labute approximate surface area is 106 Å². The number of nitrogens with zero attached hydrogens (tertiary/aromatic N) is 2. The lowest BCUT2D eigenvalue weighted by molar-refractivity contribution is 0.129. The van der Waals surface area contributed by atoms with Crippen LogP contribution in [0.15, 0.2) is 18.2 Å². The molecule has 1 fully saturated rings. The van der Waals surface area contributed by atoms with Gasteiger partial charge in [0.05, 0.1) is 0 Å². The van der Waals surface area contributed by atoms with Gasteiger partial charge in [0.2, 0.25) is 0 Å². The van der Waals surface area contributed by atoms with Crippen LogP contribution in [-0.2, 0) is 6.54 Å². The summed E-state index contributed by atoms with van der Waals surface area (Å²) in [5, 5.41) is 0. The summed E-state index contributed by atoms with van der Waals surface area (Å²) in [7, 11) is 0. The highest BCUT2D eigenvalue weighted by Crippen LogP contribution is 2.12. The summed E-state index contributed by atoms with van der Waals surface area (Å²) < 4.78 is 25.9. The fraction of sp³-hybridized carbons (Fsp3) is 0.538. The third-order valence-electron chi connectivity index (χ3n) is 3.30. The second kappa shape index (κ2) is 6.22. The van der Waals surface area contributed by atoms with Crippen molar-refractivity contribution in [1.82, 2.24) is 9.80 Å². The maximum Gasteiger partial charge on any atom is 0.159 e. The normalized spacial score (nSPS) is 18.2. The van der Waals surface area contributed by atoms with Crippen LogP contribution in [0, 0.1) is 11.6 Å². The number of hydrogen-bond donors (Lipinski definition) is 1. The molecule has 2 N–H and O–H groups in total. The Morgan fingerprint density at radius 3 is 2.28 bits per heavy atom. The van der Waals surface area contributed by atoms with E-state index in [-0.39, 0.29) is 0 Å². The van der Waals surface area contributed by atoms with Crippen LogP contribution in [0.1, 0.15) is 5.56 Å². The molecule has 0 bridgehead atoms. The molecular formula is C13H19F2N3. The van der Waals surface area contributed by atoms with Crippen LogP contribution >= 0.6 is 0 Å². The van der Waals surface area contributed by atoms with Gasteiger partial charge in [-0.05, 0) is 17.7 Å². The molecule has 1 heterocycles. The smallest absolute Gasteiger partial charge is 0.159 e. The zero-order valence-corrected chi connectivity index (χ0v) is 10.4. The van der Waals surface area contributed by atoms with Crippen molar-refractivity contribution in [2.75, 3.05) is 39.3 Å². The molecule has 100 valence electrons.